The van der Waals surface area contributed by atoms with Gasteiger partial charge < -0.3 is 10.2 Å². The maximum absolute atomic E-state index is 3.66. The Morgan fingerprint density at radius 2 is 1.88 bits per heavy atom. The molecular formula is C13H27N3. The van der Waals surface area contributed by atoms with Gasteiger partial charge in [0.25, 0.3) is 0 Å². The van der Waals surface area contributed by atoms with Crippen LogP contribution in [0, 0.1) is 5.92 Å². The second kappa shape index (κ2) is 5.99. The lowest BCUT2D eigenvalue weighted by atomic mass is 10.1. The number of piperazine rings is 1. The third-order valence-corrected chi connectivity index (χ3v) is 3.90. The molecule has 0 amide bonds. The zero-order valence-electron chi connectivity index (χ0n) is 10.9. The Hall–Kier alpha value is -0.120. The van der Waals surface area contributed by atoms with Crippen LogP contribution in [0.25, 0.3) is 0 Å². The molecule has 1 atom stereocenters. The molecule has 1 aliphatic heterocycles. The van der Waals surface area contributed by atoms with E-state index < -0.39 is 0 Å². The van der Waals surface area contributed by atoms with Crippen molar-refractivity contribution in [3.05, 3.63) is 0 Å². The predicted octanol–water partition coefficient (Wildman–Crippen LogP) is 1.01. The smallest absolute Gasteiger partial charge is 0.0110 e. The molecule has 0 aromatic rings. The SMILES string of the molecule is CC(CC1CC1)NCCN1CCN(C)CC1. The molecule has 2 fully saturated rings. The minimum Gasteiger partial charge on any atom is -0.313 e. The average Bonchev–Trinajstić information content (AvgIpc) is 3.05. The summed E-state index contributed by atoms with van der Waals surface area (Å²) in [5.41, 5.74) is 0. The summed E-state index contributed by atoms with van der Waals surface area (Å²) in [4.78, 5) is 5.00. The van der Waals surface area contributed by atoms with E-state index in [9.17, 15) is 0 Å². The van der Waals surface area contributed by atoms with Crippen molar-refractivity contribution >= 4 is 0 Å². The molecule has 2 rings (SSSR count). The summed E-state index contributed by atoms with van der Waals surface area (Å²) < 4.78 is 0. The van der Waals surface area contributed by atoms with Gasteiger partial charge in [0.15, 0.2) is 0 Å². The van der Waals surface area contributed by atoms with Gasteiger partial charge in [0.1, 0.15) is 0 Å². The Morgan fingerprint density at radius 3 is 2.50 bits per heavy atom. The van der Waals surface area contributed by atoms with Crippen LogP contribution < -0.4 is 5.32 Å². The van der Waals surface area contributed by atoms with Crippen LogP contribution in [0.1, 0.15) is 26.2 Å². The van der Waals surface area contributed by atoms with Crippen molar-refractivity contribution in [1.82, 2.24) is 15.1 Å². The van der Waals surface area contributed by atoms with E-state index in [-0.39, 0.29) is 0 Å². The summed E-state index contributed by atoms with van der Waals surface area (Å²) in [5.74, 6) is 1.05. The third-order valence-electron chi connectivity index (χ3n) is 3.90. The van der Waals surface area contributed by atoms with E-state index in [1.54, 1.807) is 0 Å². The van der Waals surface area contributed by atoms with Crippen LogP contribution in [-0.4, -0.2) is 62.2 Å². The first-order chi connectivity index (χ1) is 7.74. The van der Waals surface area contributed by atoms with E-state index in [1.807, 2.05) is 0 Å². The van der Waals surface area contributed by atoms with E-state index in [0.29, 0.717) is 0 Å². The van der Waals surface area contributed by atoms with Crippen molar-refractivity contribution < 1.29 is 0 Å². The fourth-order valence-corrected chi connectivity index (χ4v) is 2.48. The lowest BCUT2D eigenvalue weighted by Crippen LogP contribution is -2.47. The van der Waals surface area contributed by atoms with Crippen LogP contribution in [0.4, 0.5) is 0 Å². The van der Waals surface area contributed by atoms with Crippen LogP contribution in [0.15, 0.2) is 0 Å². The van der Waals surface area contributed by atoms with Gasteiger partial charge >= 0.3 is 0 Å². The first kappa shape index (κ1) is 12.3. The fourth-order valence-electron chi connectivity index (χ4n) is 2.48. The molecule has 1 heterocycles. The summed E-state index contributed by atoms with van der Waals surface area (Å²) >= 11 is 0. The van der Waals surface area contributed by atoms with Crippen molar-refractivity contribution in [1.29, 1.82) is 0 Å². The highest BCUT2D eigenvalue weighted by Crippen LogP contribution is 2.33. The second-order valence-electron chi connectivity index (χ2n) is 5.68. The number of nitrogens with one attached hydrogen (secondary N) is 1. The molecule has 1 unspecified atom stereocenters. The molecule has 0 bridgehead atoms. The number of hydrogen-bond donors (Lipinski definition) is 1. The Labute approximate surface area is 100 Å². The normalized spacial score (nSPS) is 25.9. The summed E-state index contributed by atoms with van der Waals surface area (Å²) in [6.45, 7) is 9.68. The molecule has 1 saturated heterocycles. The Kier molecular flexibility index (Phi) is 4.62. The van der Waals surface area contributed by atoms with Crippen LogP contribution in [0.2, 0.25) is 0 Å². The van der Waals surface area contributed by atoms with Gasteiger partial charge in [-0.05, 0) is 26.3 Å². The van der Waals surface area contributed by atoms with Crippen molar-refractivity contribution in [3.63, 3.8) is 0 Å². The highest BCUT2D eigenvalue weighted by atomic mass is 15.2. The third kappa shape index (κ3) is 4.40. The van der Waals surface area contributed by atoms with E-state index in [1.165, 1.54) is 52.0 Å². The minimum absolute atomic E-state index is 0.722. The predicted molar refractivity (Wildman–Crippen MR) is 68.7 cm³/mol. The molecule has 16 heavy (non-hydrogen) atoms. The molecule has 0 aromatic carbocycles. The zero-order chi connectivity index (χ0) is 11.4. The molecule has 2 aliphatic rings. The number of likely N-dealkylation sites (N-methyl/N-ethyl adjacent to an activating group) is 1. The molecule has 0 aromatic heterocycles. The van der Waals surface area contributed by atoms with Gasteiger partial charge in [-0.15, -0.1) is 0 Å². The summed E-state index contributed by atoms with van der Waals surface area (Å²) in [5, 5.41) is 3.66. The standard InChI is InChI=1S/C13H27N3/c1-12(11-13-3-4-13)14-5-6-16-9-7-15(2)8-10-16/h12-14H,3-11H2,1-2H3. The molecule has 3 heteroatoms. The van der Waals surface area contributed by atoms with Gasteiger partial charge in [-0.1, -0.05) is 12.8 Å². The van der Waals surface area contributed by atoms with Crippen molar-refractivity contribution in [2.24, 2.45) is 5.92 Å². The maximum Gasteiger partial charge on any atom is 0.0110 e. The van der Waals surface area contributed by atoms with Crippen LogP contribution in [-0.2, 0) is 0 Å². The molecule has 1 aliphatic carbocycles. The minimum atomic E-state index is 0.722. The van der Waals surface area contributed by atoms with Gasteiger partial charge in [0.05, 0.1) is 0 Å². The molecule has 0 spiro atoms. The van der Waals surface area contributed by atoms with Crippen LogP contribution in [0.3, 0.4) is 0 Å². The highest BCUT2D eigenvalue weighted by Gasteiger charge is 2.23. The van der Waals surface area contributed by atoms with Crippen LogP contribution in [0.5, 0.6) is 0 Å². The second-order valence-corrected chi connectivity index (χ2v) is 5.68. The molecule has 0 radical (unpaired) electrons. The quantitative estimate of drug-likeness (QED) is 0.728. The van der Waals surface area contributed by atoms with Crippen molar-refractivity contribution in [3.8, 4) is 0 Å². The maximum atomic E-state index is 3.66. The number of nitrogens with zero attached hydrogens (tertiary/aromatic N) is 2. The van der Waals surface area contributed by atoms with Gasteiger partial charge in [-0.3, -0.25) is 4.90 Å². The summed E-state index contributed by atoms with van der Waals surface area (Å²) in [7, 11) is 2.22. The fraction of sp³-hybridized carbons (Fsp3) is 1.00. The first-order valence-corrected chi connectivity index (χ1v) is 6.88. The molecule has 1 saturated carbocycles. The lowest BCUT2D eigenvalue weighted by Gasteiger charge is -2.32. The molecular weight excluding hydrogens is 198 g/mol. The molecule has 94 valence electrons. The summed E-state index contributed by atoms with van der Waals surface area (Å²) in [6.07, 6.45) is 4.34. The topological polar surface area (TPSA) is 18.5 Å². The largest absolute Gasteiger partial charge is 0.313 e. The Morgan fingerprint density at radius 1 is 1.19 bits per heavy atom. The van der Waals surface area contributed by atoms with E-state index in [4.69, 9.17) is 0 Å². The Balaban J connectivity index is 1.50. The zero-order valence-corrected chi connectivity index (χ0v) is 10.9. The van der Waals surface area contributed by atoms with Crippen molar-refractivity contribution in [2.45, 2.75) is 32.2 Å². The van der Waals surface area contributed by atoms with E-state index in [0.717, 1.165) is 18.5 Å². The first-order valence-electron chi connectivity index (χ1n) is 6.88. The van der Waals surface area contributed by atoms with E-state index in [2.05, 4.69) is 29.1 Å². The highest BCUT2D eigenvalue weighted by molar-refractivity contribution is 4.78. The van der Waals surface area contributed by atoms with Gasteiger partial charge in [-0.2, -0.15) is 0 Å². The van der Waals surface area contributed by atoms with Gasteiger partial charge in [-0.25, -0.2) is 0 Å². The average molecular weight is 225 g/mol. The molecule has 3 nitrogen and oxygen atoms in total. The van der Waals surface area contributed by atoms with Gasteiger partial charge in [0, 0.05) is 45.3 Å². The Bertz CT molecular complexity index is 195. The van der Waals surface area contributed by atoms with Gasteiger partial charge in [0.2, 0.25) is 0 Å². The summed E-state index contributed by atoms with van der Waals surface area (Å²) in [6, 6.07) is 0.722. The number of hydrogen-bond acceptors (Lipinski definition) is 3. The van der Waals surface area contributed by atoms with E-state index >= 15 is 0 Å². The van der Waals surface area contributed by atoms with Crippen LogP contribution >= 0.6 is 0 Å². The lowest BCUT2D eigenvalue weighted by molar-refractivity contribution is 0.153. The van der Waals surface area contributed by atoms with Crippen molar-refractivity contribution in [2.75, 3.05) is 46.3 Å². The molecule has 1 N–H and O–H groups in total. The number of rotatable bonds is 6. The monoisotopic (exact) mass is 225 g/mol.